The summed E-state index contributed by atoms with van der Waals surface area (Å²) in [4.78, 5) is 10.7. The molecular weight excluding hydrogens is 223 g/mol. The predicted molar refractivity (Wildman–Crippen MR) is 60.0 cm³/mol. The lowest BCUT2D eigenvalue weighted by Gasteiger charge is -2.04. The molecule has 0 saturated carbocycles. The summed E-state index contributed by atoms with van der Waals surface area (Å²) in [5, 5.41) is 12.9. The van der Waals surface area contributed by atoms with Crippen LogP contribution in [0.25, 0.3) is 11.3 Å². The lowest BCUT2D eigenvalue weighted by Crippen LogP contribution is -2.11. The molecule has 88 valence electrons. The number of aryl methyl sites for hydroxylation is 1. The Morgan fingerprint density at radius 2 is 2.06 bits per heavy atom. The quantitative estimate of drug-likeness (QED) is 0.884. The minimum Gasteiger partial charge on any atom is -0.480 e. The van der Waals surface area contributed by atoms with Gasteiger partial charge in [0.1, 0.15) is 12.4 Å². The van der Waals surface area contributed by atoms with E-state index < -0.39 is 5.97 Å². The second-order valence-electron chi connectivity index (χ2n) is 3.73. The highest BCUT2D eigenvalue weighted by molar-refractivity contribution is 5.68. The lowest BCUT2D eigenvalue weighted by molar-refractivity contribution is -0.137. The molecule has 0 radical (unpaired) electrons. The Hall–Kier alpha value is -2.17. The Morgan fingerprint density at radius 3 is 2.65 bits per heavy atom. The van der Waals surface area contributed by atoms with E-state index in [-0.39, 0.29) is 12.4 Å². The minimum atomic E-state index is -0.962. The minimum absolute atomic E-state index is 0.208. The van der Waals surface area contributed by atoms with Crippen molar-refractivity contribution < 1.29 is 14.3 Å². The first-order chi connectivity index (χ1) is 8.06. The van der Waals surface area contributed by atoms with E-state index in [1.54, 1.807) is 25.1 Å². The Balaban J connectivity index is 2.43. The van der Waals surface area contributed by atoms with Crippen molar-refractivity contribution in [2.75, 3.05) is 0 Å². The summed E-state index contributed by atoms with van der Waals surface area (Å²) >= 11 is 0. The van der Waals surface area contributed by atoms with E-state index in [4.69, 9.17) is 5.11 Å². The maximum absolute atomic E-state index is 12.8. The first kappa shape index (κ1) is 11.3. The molecule has 5 heteroatoms. The smallest absolute Gasteiger partial charge is 0.325 e. The molecule has 0 saturated heterocycles. The Kier molecular flexibility index (Phi) is 2.91. The molecule has 1 N–H and O–H groups in total. The number of benzene rings is 1. The zero-order valence-corrected chi connectivity index (χ0v) is 9.22. The molecule has 0 aliphatic carbocycles. The standard InChI is InChI=1S/C12H11FN2O2/c1-8-6-11(15(14-8)7-12(16)17)9-2-4-10(13)5-3-9/h2-6H,7H2,1H3,(H,16,17). The number of hydrogen-bond donors (Lipinski definition) is 1. The fourth-order valence-corrected chi connectivity index (χ4v) is 1.65. The van der Waals surface area contributed by atoms with Crippen molar-refractivity contribution in [1.82, 2.24) is 9.78 Å². The SMILES string of the molecule is Cc1cc(-c2ccc(F)cc2)n(CC(=O)O)n1. The van der Waals surface area contributed by atoms with Gasteiger partial charge in [-0.1, -0.05) is 0 Å². The Labute approximate surface area is 97.3 Å². The maximum Gasteiger partial charge on any atom is 0.325 e. The molecule has 0 aliphatic rings. The van der Waals surface area contributed by atoms with Crippen LogP contribution in [0.2, 0.25) is 0 Å². The summed E-state index contributed by atoms with van der Waals surface area (Å²) in [7, 11) is 0. The van der Waals surface area contributed by atoms with E-state index in [1.165, 1.54) is 16.8 Å². The van der Waals surface area contributed by atoms with Crippen molar-refractivity contribution in [3.05, 3.63) is 41.8 Å². The molecule has 0 unspecified atom stereocenters. The third kappa shape index (κ3) is 2.50. The molecule has 2 aromatic rings. The number of aliphatic carboxylic acids is 1. The van der Waals surface area contributed by atoms with Crippen LogP contribution in [0.5, 0.6) is 0 Å². The maximum atomic E-state index is 12.8. The van der Waals surface area contributed by atoms with Gasteiger partial charge in [-0.25, -0.2) is 4.39 Å². The first-order valence-electron chi connectivity index (χ1n) is 5.08. The zero-order valence-electron chi connectivity index (χ0n) is 9.22. The number of carbonyl (C=O) groups is 1. The average Bonchev–Trinajstić information content (AvgIpc) is 2.59. The zero-order chi connectivity index (χ0) is 12.4. The molecule has 0 aliphatic heterocycles. The average molecular weight is 234 g/mol. The molecule has 17 heavy (non-hydrogen) atoms. The van der Waals surface area contributed by atoms with Gasteiger partial charge in [0.2, 0.25) is 0 Å². The van der Waals surface area contributed by atoms with E-state index in [0.29, 0.717) is 5.69 Å². The van der Waals surface area contributed by atoms with Crippen LogP contribution in [0.4, 0.5) is 4.39 Å². The number of rotatable bonds is 3. The van der Waals surface area contributed by atoms with Crippen molar-refractivity contribution in [3.8, 4) is 11.3 Å². The summed E-state index contributed by atoms with van der Waals surface area (Å²) in [5.74, 6) is -1.29. The van der Waals surface area contributed by atoms with Crippen LogP contribution >= 0.6 is 0 Å². The van der Waals surface area contributed by atoms with Crippen LogP contribution in [-0.2, 0) is 11.3 Å². The van der Waals surface area contributed by atoms with Crippen LogP contribution in [0, 0.1) is 12.7 Å². The van der Waals surface area contributed by atoms with E-state index >= 15 is 0 Å². The van der Waals surface area contributed by atoms with Crippen molar-refractivity contribution in [2.45, 2.75) is 13.5 Å². The number of hydrogen-bond acceptors (Lipinski definition) is 2. The van der Waals surface area contributed by atoms with Crippen LogP contribution in [0.3, 0.4) is 0 Å². The number of aromatic nitrogens is 2. The topological polar surface area (TPSA) is 55.1 Å². The van der Waals surface area contributed by atoms with E-state index in [0.717, 1.165) is 11.3 Å². The first-order valence-corrected chi connectivity index (χ1v) is 5.08. The number of carboxylic acids is 1. The van der Waals surface area contributed by atoms with Gasteiger partial charge >= 0.3 is 5.97 Å². The summed E-state index contributed by atoms with van der Waals surface area (Å²) in [6.45, 7) is 1.58. The molecule has 2 rings (SSSR count). The third-order valence-electron chi connectivity index (χ3n) is 2.33. The highest BCUT2D eigenvalue weighted by atomic mass is 19.1. The van der Waals surface area contributed by atoms with Gasteiger partial charge in [0.05, 0.1) is 11.4 Å². The summed E-state index contributed by atoms with van der Waals surface area (Å²) in [6.07, 6.45) is 0. The lowest BCUT2D eigenvalue weighted by atomic mass is 10.1. The van der Waals surface area contributed by atoms with Crippen molar-refractivity contribution in [3.63, 3.8) is 0 Å². The van der Waals surface area contributed by atoms with E-state index in [1.807, 2.05) is 0 Å². The highest BCUT2D eigenvalue weighted by Gasteiger charge is 2.10. The molecule has 0 amide bonds. The monoisotopic (exact) mass is 234 g/mol. The fourth-order valence-electron chi connectivity index (χ4n) is 1.65. The number of nitrogens with zero attached hydrogens (tertiary/aromatic N) is 2. The molecule has 1 aromatic carbocycles. The molecule has 0 spiro atoms. The Bertz CT molecular complexity index is 546. The second-order valence-corrected chi connectivity index (χ2v) is 3.73. The van der Waals surface area contributed by atoms with Crippen LogP contribution in [0.1, 0.15) is 5.69 Å². The van der Waals surface area contributed by atoms with E-state index in [9.17, 15) is 9.18 Å². The van der Waals surface area contributed by atoms with Gasteiger partial charge in [-0.3, -0.25) is 9.48 Å². The van der Waals surface area contributed by atoms with Gasteiger partial charge < -0.3 is 5.11 Å². The molecule has 1 heterocycles. The molecule has 0 fully saturated rings. The van der Waals surface area contributed by atoms with Gasteiger partial charge in [-0.2, -0.15) is 5.10 Å². The summed E-state index contributed by atoms with van der Waals surface area (Å²) < 4.78 is 14.2. The van der Waals surface area contributed by atoms with Gasteiger partial charge in [0.25, 0.3) is 0 Å². The van der Waals surface area contributed by atoms with Gasteiger partial charge in [0.15, 0.2) is 0 Å². The molecule has 0 bridgehead atoms. The third-order valence-corrected chi connectivity index (χ3v) is 2.33. The number of halogens is 1. The number of carboxylic acid groups (broad SMARTS) is 1. The van der Waals surface area contributed by atoms with Crippen LogP contribution in [0.15, 0.2) is 30.3 Å². The van der Waals surface area contributed by atoms with Crippen LogP contribution < -0.4 is 0 Å². The highest BCUT2D eigenvalue weighted by Crippen LogP contribution is 2.20. The summed E-state index contributed by atoms with van der Waals surface area (Å²) in [5.41, 5.74) is 2.14. The normalized spacial score (nSPS) is 10.5. The second kappa shape index (κ2) is 4.37. The molecule has 4 nitrogen and oxygen atoms in total. The van der Waals surface area contributed by atoms with E-state index in [2.05, 4.69) is 5.10 Å². The predicted octanol–water partition coefficient (Wildman–Crippen LogP) is 2.08. The summed E-state index contributed by atoms with van der Waals surface area (Å²) in [6, 6.07) is 7.65. The fraction of sp³-hybridized carbons (Fsp3) is 0.167. The van der Waals surface area contributed by atoms with Crippen LogP contribution in [-0.4, -0.2) is 20.9 Å². The van der Waals surface area contributed by atoms with Gasteiger partial charge in [-0.15, -0.1) is 0 Å². The largest absolute Gasteiger partial charge is 0.480 e. The van der Waals surface area contributed by atoms with Crippen molar-refractivity contribution in [2.24, 2.45) is 0 Å². The molecule has 0 atom stereocenters. The van der Waals surface area contributed by atoms with Crippen molar-refractivity contribution >= 4 is 5.97 Å². The van der Waals surface area contributed by atoms with Gasteiger partial charge in [0, 0.05) is 5.56 Å². The molecular formula is C12H11FN2O2. The molecule has 1 aromatic heterocycles. The van der Waals surface area contributed by atoms with Gasteiger partial charge in [-0.05, 0) is 37.3 Å². The Morgan fingerprint density at radius 1 is 1.41 bits per heavy atom. The van der Waals surface area contributed by atoms with Crippen molar-refractivity contribution in [1.29, 1.82) is 0 Å².